The number of rotatable bonds is 4. The lowest BCUT2D eigenvalue weighted by molar-refractivity contribution is 0.594. The highest BCUT2D eigenvalue weighted by atomic mass is 32.2. The SMILES string of the molecule is Cc1ccc(Sc2ccccc2S(=O)(=O)c2ccccc2)cc1. The second-order valence-corrected chi connectivity index (χ2v) is 8.21. The van der Waals surface area contributed by atoms with Crippen LogP contribution in [0.15, 0.2) is 98.4 Å². The van der Waals surface area contributed by atoms with E-state index < -0.39 is 9.84 Å². The van der Waals surface area contributed by atoms with Crippen molar-refractivity contribution in [1.82, 2.24) is 0 Å². The van der Waals surface area contributed by atoms with Gasteiger partial charge in [-0.15, -0.1) is 0 Å². The monoisotopic (exact) mass is 340 g/mol. The third kappa shape index (κ3) is 3.49. The number of hydrogen-bond donors (Lipinski definition) is 0. The highest BCUT2D eigenvalue weighted by molar-refractivity contribution is 8.00. The van der Waals surface area contributed by atoms with E-state index in [1.807, 2.05) is 49.4 Å². The first-order valence-electron chi connectivity index (χ1n) is 7.21. The van der Waals surface area contributed by atoms with Crippen molar-refractivity contribution >= 4 is 21.6 Å². The van der Waals surface area contributed by atoms with Crippen LogP contribution in [0, 0.1) is 6.92 Å². The molecule has 0 aromatic heterocycles. The van der Waals surface area contributed by atoms with Crippen LogP contribution in [0.1, 0.15) is 5.56 Å². The van der Waals surface area contributed by atoms with Crippen molar-refractivity contribution in [2.45, 2.75) is 26.5 Å². The lowest BCUT2D eigenvalue weighted by Gasteiger charge is -2.10. The maximum absolute atomic E-state index is 12.9. The molecule has 2 nitrogen and oxygen atoms in total. The van der Waals surface area contributed by atoms with Crippen LogP contribution in [0.4, 0.5) is 0 Å². The Balaban J connectivity index is 2.03. The Labute approximate surface area is 141 Å². The molecular formula is C19H16O2S2. The molecule has 0 aliphatic heterocycles. The Bertz CT molecular complexity index is 900. The van der Waals surface area contributed by atoms with E-state index in [-0.39, 0.29) is 0 Å². The topological polar surface area (TPSA) is 34.1 Å². The molecule has 3 aromatic rings. The van der Waals surface area contributed by atoms with Crippen LogP contribution in [0.2, 0.25) is 0 Å². The van der Waals surface area contributed by atoms with Crippen LogP contribution in [0.25, 0.3) is 0 Å². The van der Waals surface area contributed by atoms with E-state index in [0.29, 0.717) is 9.79 Å². The van der Waals surface area contributed by atoms with Crippen molar-refractivity contribution in [2.75, 3.05) is 0 Å². The highest BCUT2D eigenvalue weighted by Crippen LogP contribution is 2.35. The van der Waals surface area contributed by atoms with Gasteiger partial charge in [-0.25, -0.2) is 8.42 Å². The summed E-state index contributed by atoms with van der Waals surface area (Å²) < 4.78 is 25.8. The van der Waals surface area contributed by atoms with Crippen molar-refractivity contribution < 1.29 is 8.42 Å². The van der Waals surface area contributed by atoms with Gasteiger partial charge in [0, 0.05) is 9.79 Å². The lowest BCUT2D eigenvalue weighted by Crippen LogP contribution is -2.03. The van der Waals surface area contributed by atoms with E-state index in [2.05, 4.69) is 0 Å². The fourth-order valence-electron chi connectivity index (χ4n) is 2.22. The first kappa shape index (κ1) is 15.8. The Kier molecular flexibility index (Phi) is 4.55. The van der Waals surface area contributed by atoms with Crippen molar-refractivity contribution in [1.29, 1.82) is 0 Å². The molecule has 0 saturated heterocycles. The maximum atomic E-state index is 12.9. The molecule has 4 heteroatoms. The quantitative estimate of drug-likeness (QED) is 0.672. The van der Waals surface area contributed by atoms with Gasteiger partial charge in [0.1, 0.15) is 0 Å². The molecule has 116 valence electrons. The minimum atomic E-state index is -3.52. The Morgan fingerprint density at radius 3 is 2.04 bits per heavy atom. The van der Waals surface area contributed by atoms with Gasteiger partial charge < -0.3 is 0 Å². The summed E-state index contributed by atoms with van der Waals surface area (Å²) in [5.74, 6) is 0. The molecule has 0 bridgehead atoms. The summed E-state index contributed by atoms with van der Waals surface area (Å²) >= 11 is 1.47. The number of aryl methyl sites for hydroxylation is 1. The average molecular weight is 340 g/mol. The Hall–Kier alpha value is -2.04. The minimum Gasteiger partial charge on any atom is -0.218 e. The maximum Gasteiger partial charge on any atom is 0.207 e. The average Bonchev–Trinajstić information content (AvgIpc) is 2.58. The van der Waals surface area contributed by atoms with Crippen LogP contribution in [0.3, 0.4) is 0 Å². The number of benzene rings is 3. The molecule has 0 amide bonds. The molecule has 3 aromatic carbocycles. The normalized spacial score (nSPS) is 11.3. The molecule has 0 heterocycles. The molecule has 0 aliphatic carbocycles. The van der Waals surface area contributed by atoms with Crippen LogP contribution in [0.5, 0.6) is 0 Å². The molecule has 0 fully saturated rings. The zero-order valence-electron chi connectivity index (χ0n) is 12.6. The summed E-state index contributed by atoms with van der Waals surface area (Å²) in [6.45, 7) is 2.03. The fraction of sp³-hybridized carbons (Fsp3) is 0.0526. The third-order valence-electron chi connectivity index (χ3n) is 3.44. The summed E-state index contributed by atoms with van der Waals surface area (Å²) in [5.41, 5.74) is 1.18. The van der Waals surface area contributed by atoms with Crippen molar-refractivity contribution in [3.63, 3.8) is 0 Å². The standard InChI is InChI=1S/C19H16O2S2/c1-15-11-13-16(14-12-15)22-18-9-5-6-10-19(18)23(20,21)17-7-3-2-4-8-17/h2-14H,1H3. The zero-order chi connectivity index (χ0) is 16.3. The molecule has 0 radical (unpaired) electrons. The Morgan fingerprint density at radius 1 is 0.739 bits per heavy atom. The molecule has 0 spiro atoms. The van der Waals surface area contributed by atoms with E-state index in [1.165, 1.54) is 17.3 Å². The molecule has 0 N–H and O–H groups in total. The van der Waals surface area contributed by atoms with Crippen LogP contribution in [-0.2, 0) is 9.84 Å². The summed E-state index contributed by atoms with van der Waals surface area (Å²) in [4.78, 5) is 2.42. The van der Waals surface area contributed by atoms with Gasteiger partial charge in [0.15, 0.2) is 0 Å². The van der Waals surface area contributed by atoms with Crippen molar-refractivity contribution in [2.24, 2.45) is 0 Å². The van der Waals surface area contributed by atoms with Gasteiger partial charge in [-0.1, -0.05) is 59.8 Å². The first-order chi connectivity index (χ1) is 11.1. The molecule has 3 rings (SSSR count). The van der Waals surface area contributed by atoms with E-state index in [9.17, 15) is 8.42 Å². The number of sulfone groups is 1. The predicted octanol–water partition coefficient (Wildman–Crippen LogP) is 4.98. The molecule has 0 atom stereocenters. The fourth-order valence-corrected chi connectivity index (χ4v) is 4.87. The van der Waals surface area contributed by atoms with E-state index >= 15 is 0 Å². The van der Waals surface area contributed by atoms with Crippen molar-refractivity contribution in [3.8, 4) is 0 Å². The molecule has 23 heavy (non-hydrogen) atoms. The van der Waals surface area contributed by atoms with Crippen LogP contribution in [-0.4, -0.2) is 8.42 Å². The van der Waals surface area contributed by atoms with Crippen molar-refractivity contribution in [3.05, 3.63) is 84.4 Å². The van der Waals surface area contributed by atoms with E-state index in [4.69, 9.17) is 0 Å². The predicted molar refractivity (Wildman–Crippen MR) is 93.6 cm³/mol. The largest absolute Gasteiger partial charge is 0.218 e. The minimum absolute atomic E-state index is 0.317. The second kappa shape index (κ2) is 6.60. The summed E-state index contributed by atoms with van der Waals surface area (Å²) in [7, 11) is -3.52. The van der Waals surface area contributed by atoms with Gasteiger partial charge in [0.2, 0.25) is 9.84 Å². The second-order valence-electron chi connectivity index (χ2n) is 5.18. The van der Waals surface area contributed by atoms with Crippen LogP contribution < -0.4 is 0 Å². The summed E-state index contributed by atoms with van der Waals surface area (Å²) in [6, 6.07) is 23.7. The van der Waals surface area contributed by atoms with Gasteiger partial charge in [-0.3, -0.25) is 0 Å². The molecule has 0 unspecified atom stereocenters. The number of hydrogen-bond acceptors (Lipinski definition) is 3. The van der Waals surface area contributed by atoms with Crippen LogP contribution >= 0.6 is 11.8 Å². The first-order valence-corrected chi connectivity index (χ1v) is 9.51. The van der Waals surface area contributed by atoms with E-state index in [0.717, 1.165) is 9.79 Å². The lowest BCUT2D eigenvalue weighted by atomic mass is 10.2. The van der Waals surface area contributed by atoms with Gasteiger partial charge in [0.05, 0.1) is 9.79 Å². The Morgan fingerprint density at radius 2 is 1.35 bits per heavy atom. The van der Waals surface area contributed by atoms with Gasteiger partial charge in [0.25, 0.3) is 0 Å². The van der Waals surface area contributed by atoms with Gasteiger partial charge in [-0.05, 0) is 43.3 Å². The van der Waals surface area contributed by atoms with Gasteiger partial charge >= 0.3 is 0 Å². The smallest absolute Gasteiger partial charge is 0.207 e. The highest BCUT2D eigenvalue weighted by Gasteiger charge is 2.21. The summed E-state index contributed by atoms with van der Waals surface area (Å²) in [6.07, 6.45) is 0. The molecular weight excluding hydrogens is 324 g/mol. The van der Waals surface area contributed by atoms with Gasteiger partial charge in [-0.2, -0.15) is 0 Å². The molecule has 0 aliphatic rings. The van der Waals surface area contributed by atoms with E-state index in [1.54, 1.807) is 36.4 Å². The zero-order valence-corrected chi connectivity index (χ0v) is 14.3. The third-order valence-corrected chi connectivity index (χ3v) is 6.48. The molecule has 0 saturated carbocycles. The summed E-state index contributed by atoms with van der Waals surface area (Å²) in [5, 5.41) is 0.